The summed E-state index contributed by atoms with van der Waals surface area (Å²) in [6, 6.07) is 26.4. The molecule has 268 valence electrons. The Kier molecular flexibility index (Phi) is 11.8. The second-order valence-electron chi connectivity index (χ2n) is 14.4. The first-order valence-electron chi connectivity index (χ1n) is 18.1. The van der Waals surface area contributed by atoms with E-state index in [1.54, 1.807) is 13.0 Å². The molecular weight excluding hydrogens is 632 g/mol. The van der Waals surface area contributed by atoms with Crippen molar-refractivity contribution < 1.29 is 24.7 Å². The molecule has 5 atom stereocenters. The second kappa shape index (κ2) is 15.8. The van der Waals surface area contributed by atoms with E-state index in [0.717, 1.165) is 45.2 Å². The van der Waals surface area contributed by atoms with Crippen LogP contribution >= 0.6 is 0 Å². The summed E-state index contributed by atoms with van der Waals surface area (Å²) >= 11 is 0. The largest absolute Gasteiger partial charge is 0.481 e. The van der Waals surface area contributed by atoms with Gasteiger partial charge in [-0.15, -0.1) is 0 Å². The average Bonchev–Trinajstić information content (AvgIpc) is 3.12. The molecule has 0 spiro atoms. The van der Waals surface area contributed by atoms with Gasteiger partial charge >= 0.3 is 11.9 Å². The lowest BCUT2D eigenvalue weighted by Gasteiger charge is -2.57. The van der Waals surface area contributed by atoms with E-state index < -0.39 is 45.8 Å². The molecule has 5 rings (SSSR count). The molecule has 2 aliphatic heterocycles. The number of aliphatic carboxylic acids is 2. The number of carboxylic acid groups (broad SMARTS) is 2. The van der Waals surface area contributed by atoms with Gasteiger partial charge in [-0.2, -0.15) is 0 Å². The molecular formula is C40H52N4O6. The maximum Gasteiger partial charge on any atom is 0.313 e. The van der Waals surface area contributed by atoms with E-state index in [4.69, 9.17) is 5.73 Å². The van der Waals surface area contributed by atoms with Crippen LogP contribution in [0.3, 0.4) is 0 Å². The minimum atomic E-state index is -1.70. The molecule has 50 heavy (non-hydrogen) atoms. The van der Waals surface area contributed by atoms with Crippen LogP contribution in [0.25, 0.3) is 0 Å². The van der Waals surface area contributed by atoms with Gasteiger partial charge < -0.3 is 20.8 Å². The first-order valence-corrected chi connectivity index (χ1v) is 18.1. The van der Waals surface area contributed by atoms with Crippen LogP contribution in [-0.4, -0.2) is 63.8 Å². The van der Waals surface area contributed by atoms with Gasteiger partial charge in [0.2, 0.25) is 0 Å². The highest BCUT2D eigenvalue weighted by Crippen LogP contribution is 2.59. The van der Waals surface area contributed by atoms with E-state index in [0.29, 0.717) is 24.9 Å². The van der Waals surface area contributed by atoms with Crippen LogP contribution in [0.2, 0.25) is 0 Å². The molecule has 2 heterocycles. The van der Waals surface area contributed by atoms with Crippen LogP contribution in [0.15, 0.2) is 84.9 Å². The Morgan fingerprint density at radius 1 is 0.860 bits per heavy atom. The molecule has 3 aromatic carbocycles. The number of nitro groups is 1. The molecule has 0 saturated carbocycles. The Morgan fingerprint density at radius 2 is 1.44 bits per heavy atom. The Balaban J connectivity index is 1.46. The van der Waals surface area contributed by atoms with Crippen LogP contribution in [0.5, 0.6) is 0 Å². The fourth-order valence-electron chi connectivity index (χ4n) is 9.16. The summed E-state index contributed by atoms with van der Waals surface area (Å²) in [6.07, 6.45) is 4.78. The van der Waals surface area contributed by atoms with E-state index in [-0.39, 0.29) is 23.9 Å². The van der Waals surface area contributed by atoms with Crippen LogP contribution < -0.4 is 11.1 Å². The summed E-state index contributed by atoms with van der Waals surface area (Å²) in [5, 5.41) is 37.4. The highest BCUT2D eigenvalue weighted by molar-refractivity contribution is 5.84. The zero-order valence-electron chi connectivity index (χ0n) is 29.3. The smallest absolute Gasteiger partial charge is 0.313 e. The first-order chi connectivity index (χ1) is 24.0. The monoisotopic (exact) mass is 684 g/mol. The number of nitrogens with one attached hydrogen (secondary N) is 1. The van der Waals surface area contributed by atoms with Crippen LogP contribution in [0.4, 0.5) is 5.69 Å². The van der Waals surface area contributed by atoms with Gasteiger partial charge in [0, 0.05) is 29.5 Å². The summed E-state index contributed by atoms with van der Waals surface area (Å²) in [4.78, 5) is 41.0. The minimum Gasteiger partial charge on any atom is -0.481 e. The number of non-ortho nitro benzene ring substituents is 1. The van der Waals surface area contributed by atoms with E-state index in [1.807, 2.05) is 12.1 Å². The van der Waals surface area contributed by atoms with Gasteiger partial charge in [-0.05, 0) is 75.4 Å². The average molecular weight is 685 g/mol. The van der Waals surface area contributed by atoms with Crippen molar-refractivity contribution in [2.24, 2.45) is 16.6 Å². The van der Waals surface area contributed by atoms with Gasteiger partial charge in [-0.25, -0.2) is 0 Å². The molecule has 2 fully saturated rings. The summed E-state index contributed by atoms with van der Waals surface area (Å²) in [7, 11) is 0. The molecule has 5 N–H and O–H groups in total. The second-order valence-corrected chi connectivity index (χ2v) is 14.4. The van der Waals surface area contributed by atoms with Crippen molar-refractivity contribution in [3.8, 4) is 0 Å². The predicted molar refractivity (Wildman–Crippen MR) is 194 cm³/mol. The number of carboxylic acids is 2. The molecule has 0 aliphatic carbocycles. The number of likely N-dealkylation sites (tertiary alicyclic amines) is 1. The number of nitrogens with zero attached hydrogens (tertiary/aromatic N) is 2. The lowest BCUT2D eigenvalue weighted by atomic mass is 9.50. The van der Waals surface area contributed by atoms with Gasteiger partial charge in [-0.1, -0.05) is 105 Å². The van der Waals surface area contributed by atoms with E-state index in [9.17, 15) is 29.9 Å². The van der Waals surface area contributed by atoms with Gasteiger partial charge in [-0.3, -0.25) is 25.0 Å². The Labute approximate surface area is 295 Å². The number of rotatable bonds is 15. The summed E-state index contributed by atoms with van der Waals surface area (Å²) in [6.45, 7) is 6.12. The fraction of sp³-hybridized carbons (Fsp3) is 0.500. The fourth-order valence-corrected chi connectivity index (χ4v) is 9.16. The van der Waals surface area contributed by atoms with Crippen molar-refractivity contribution in [3.05, 3.63) is 112 Å². The third-order valence-corrected chi connectivity index (χ3v) is 11.9. The molecule has 5 unspecified atom stereocenters. The number of nitrogens with two attached hydrogens (primary N) is 1. The van der Waals surface area contributed by atoms with Crippen LogP contribution in [-0.2, 0) is 15.0 Å². The number of carbonyl (C=O) groups is 2. The van der Waals surface area contributed by atoms with Crippen LogP contribution in [0, 0.1) is 20.9 Å². The van der Waals surface area contributed by atoms with Crippen molar-refractivity contribution in [2.75, 3.05) is 19.6 Å². The SMILES string of the molecule is CCCCCCC1(C(=O)O)C(N)NC(C)C(CCCN2CCC(c3ccccc3)(c3ccccc3)CC2)(C(=O)O)C1c1cccc([N+](=O)[O-])c1. The van der Waals surface area contributed by atoms with Crippen molar-refractivity contribution in [1.82, 2.24) is 10.2 Å². The third kappa shape index (κ3) is 6.93. The summed E-state index contributed by atoms with van der Waals surface area (Å²) < 4.78 is 0. The molecule has 0 radical (unpaired) electrons. The lowest BCUT2D eigenvalue weighted by molar-refractivity contribution is -0.385. The Hall–Kier alpha value is -4.12. The quantitative estimate of drug-likeness (QED) is 0.0757. The van der Waals surface area contributed by atoms with E-state index >= 15 is 0 Å². The molecule has 10 nitrogen and oxygen atoms in total. The number of nitro benzene ring substituents is 1. The molecule has 0 aromatic heterocycles. The van der Waals surface area contributed by atoms with Crippen molar-refractivity contribution >= 4 is 17.6 Å². The lowest BCUT2D eigenvalue weighted by Crippen LogP contribution is -2.72. The highest BCUT2D eigenvalue weighted by atomic mass is 16.6. The maximum atomic E-state index is 13.7. The third-order valence-electron chi connectivity index (χ3n) is 11.9. The summed E-state index contributed by atoms with van der Waals surface area (Å²) in [5.41, 5.74) is 5.99. The van der Waals surface area contributed by atoms with Crippen molar-refractivity contribution in [1.29, 1.82) is 0 Å². The van der Waals surface area contributed by atoms with Gasteiger partial charge in [0.25, 0.3) is 5.69 Å². The Morgan fingerprint density at radius 3 is 1.98 bits per heavy atom. The summed E-state index contributed by atoms with van der Waals surface area (Å²) in [5.74, 6) is -3.41. The van der Waals surface area contributed by atoms with Crippen molar-refractivity contribution in [2.45, 2.75) is 95.2 Å². The standard InChI is InChI=1S/C40H52N4O6/c1-3-4-5-12-21-40(37(47)48)34(30-15-13-20-33(28-30)44(49)50)39(36(45)46,29(2)42-35(40)41)22-14-25-43-26-23-38(24-27-43,31-16-8-6-9-17-31)32-18-10-7-11-19-32/h6-11,13,15-20,28-29,34-35,42H,3-5,12,14,21-27,41H2,1-2H3,(H,45,46)(H,47,48). The molecule has 2 aliphatic rings. The molecule has 10 heteroatoms. The van der Waals surface area contributed by atoms with Gasteiger partial charge in [0.15, 0.2) is 0 Å². The number of hydrogen-bond acceptors (Lipinski definition) is 7. The maximum absolute atomic E-state index is 13.7. The minimum absolute atomic E-state index is 0.120. The van der Waals surface area contributed by atoms with Crippen LogP contribution in [0.1, 0.15) is 94.2 Å². The number of piperidine rings is 2. The van der Waals surface area contributed by atoms with Crippen molar-refractivity contribution in [3.63, 3.8) is 0 Å². The zero-order valence-corrected chi connectivity index (χ0v) is 29.3. The number of hydrogen-bond donors (Lipinski definition) is 4. The van der Waals surface area contributed by atoms with E-state index in [1.165, 1.54) is 29.3 Å². The highest BCUT2D eigenvalue weighted by Gasteiger charge is 2.66. The zero-order chi connectivity index (χ0) is 35.9. The Bertz CT molecular complexity index is 1570. The number of unbranched alkanes of at least 4 members (excludes halogenated alkanes) is 3. The predicted octanol–water partition coefficient (Wildman–Crippen LogP) is 6.93. The normalized spacial score (nSPS) is 26.7. The number of benzene rings is 3. The molecule has 2 saturated heterocycles. The van der Waals surface area contributed by atoms with E-state index in [2.05, 4.69) is 65.7 Å². The topological polar surface area (TPSA) is 159 Å². The molecule has 0 amide bonds. The molecule has 3 aromatic rings. The van der Waals surface area contributed by atoms with Gasteiger partial charge in [0.1, 0.15) is 5.41 Å². The first kappa shape index (κ1) is 37.1. The molecule has 0 bridgehead atoms. The van der Waals surface area contributed by atoms with Gasteiger partial charge in [0.05, 0.1) is 16.5 Å².